The zero-order valence-corrected chi connectivity index (χ0v) is 20.9. The van der Waals surface area contributed by atoms with Crippen molar-refractivity contribution in [1.82, 2.24) is 0 Å². The maximum Gasteiger partial charge on any atom is 0.311 e. The molecule has 4 heteroatoms. The lowest BCUT2D eigenvalue weighted by atomic mass is 10.1. The summed E-state index contributed by atoms with van der Waals surface area (Å²) in [7, 11) is 0. The van der Waals surface area contributed by atoms with Gasteiger partial charge in [0.15, 0.2) is 0 Å². The quantitative estimate of drug-likeness (QED) is 0.126. The summed E-state index contributed by atoms with van der Waals surface area (Å²) < 4.78 is 10.8. The molecule has 0 fully saturated rings. The van der Waals surface area contributed by atoms with Crippen molar-refractivity contribution in [3.8, 4) is 16.9 Å². The second-order valence-corrected chi connectivity index (χ2v) is 8.97. The van der Waals surface area contributed by atoms with Gasteiger partial charge in [-0.1, -0.05) is 107 Å². The van der Waals surface area contributed by atoms with Crippen molar-refractivity contribution in [1.29, 1.82) is 0 Å². The monoisotopic (exact) mass is 466 g/mol. The van der Waals surface area contributed by atoms with Crippen LogP contribution in [0, 0.1) is 0 Å². The van der Waals surface area contributed by atoms with E-state index >= 15 is 0 Å². The van der Waals surface area contributed by atoms with Gasteiger partial charge in [0, 0.05) is 12.8 Å². The van der Waals surface area contributed by atoms with Gasteiger partial charge in [0.05, 0.1) is 6.61 Å². The smallest absolute Gasteiger partial charge is 0.311 e. The SMILES string of the molecule is CCCCCCCCOC(=O)CCCCCCCCC(=O)Oc1ccc(-c2ccccc2)cc1. The fourth-order valence-corrected chi connectivity index (χ4v) is 3.91. The van der Waals surface area contributed by atoms with Crippen molar-refractivity contribution >= 4 is 11.9 Å². The van der Waals surface area contributed by atoms with Crippen LogP contribution in [-0.2, 0) is 14.3 Å². The molecule has 0 aliphatic carbocycles. The molecular weight excluding hydrogens is 424 g/mol. The highest BCUT2D eigenvalue weighted by molar-refractivity contribution is 5.73. The molecule has 0 amide bonds. The largest absolute Gasteiger partial charge is 0.466 e. The first-order valence-electron chi connectivity index (χ1n) is 13.2. The number of hydrogen-bond acceptors (Lipinski definition) is 4. The van der Waals surface area contributed by atoms with E-state index in [-0.39, 0.29) is 11.9 Å². The van der Waals surface area contributed by atoms with Crippen LogP contribution < -0.4 is 4.74 Å². The zero-order valence-electron chi connectivity index (χ0n) is 20.9. The number of ether oxygens (including phenoxy) is 2. The molecule has 0 N–H and O–H groups in total. The molecule has 2 aromatic rings. The van der Waals surface area contributed by atoms with Gasteiger partial charge >= 0.3 is 11.9 Å². The van der Waals surface area contributed by atoms with Crippen LogP contribution in [0.1, 0.15) is 96.8 Å². The van der Waals surface area contributed by atoms with Gasteiger partial charge in [-0.3, -0.25) is 9.59 Å². The van der Waals surface area contributed by atoms with Gasteiger partial charge in [-0.15, -0.1) is 0 Å². The van der Waals surface area contributed by atoms with E-state index in [1.165, 1.54) is 25.7 Å². The Bertz CT molecular complexity index is 798. The fraction of sp³-hybridized carbons (Fsp3) is 0.533. The van der Waals surface area contributed by atoms with Crippen molar-refractivity contribution in [2.75, 3.05) is 6.61 Å². The summed E-state index contributed by atoms with van der Waals surface area (Å²) in [5.74, 6) is 0.349. The van der Waals surface area contributed by atoms with Crippen LogP contribution in [0.25, 0.3) is 11.1 Å². The first-order chi connectivity index (χ1) is 16.7. The molecule has 2 rings (SSSR count). The summed E-state index contributed by atoms with van der Waals surface area (Å²) in [5.41, 5.74) is 2.25. The van der Waals surface area contributed by atoms with E-state index in [9.17, 15) is 9.59 Å². The maximum atomic E-state index is 12.1. The second kappa shape index (κ2) is 17.8. The molecule has 0 radical (unpaired) electrons. The topological polar surface area (TPSA) is 52.6 Å². The summed E-state index contributed by atoms with van der Waals surface area (Å²) in [6, 6.07) is 17.8. The Balaban J connectivity index is 1.42. The number of benzene rings is 2. The van der Waals surface area contributed by atoms with Crippen molar-refractivity contribution in [3.05, 3.63) is 54.6 Å². The predicted molar refractivity (Wildman–Crippen MR) is 139 cm³/mol. The van der Waals surface area contributed by atoms with Gasteiger partial charge in [-0.05, 0) is 42.5 Å². The summed E-state index contributed by atoms with van der Waals surface area (Å²) in [6.07, 6.45) is 14.1. The maximum absolute atomic E-state index is 12.1. The van der Waals surface area contributed by atoms with Gasteiger partial charge in [0.2, 0.25) is 0 Å². The van der Waals surface area contributed by atoms with Gasteiger partial charge in [0.25, 0.3) is 0 Å². The number of carbonyl (C=O) groups is 2. The third-order valence-electron chi connectivity index (χ3n) is 5.97. The highest BCUT2D eigenvalue weighted by atomic mass is 16.5. The molecule has 0 saturated heterocycles. The lowest BCUT2D eigenvalue weighted by molar-refractivity contribution is -0.144. The molecule has 0 aromatic heterocycles. The predicted octanol–water partition coefficient (Wildman–Crippen LogP) is 8.28. The van der Waals surface area contributed by atoms with E-state index in [1.54, 1.807) is 0 Å². The fourth-order valence-electron chi connectivity index (χ4n) is 3.91. The number of unbranched alkanes of at least 4 members (excludes halogenated alkanes) is 10. The van der Waals surface area contributed by atoms with Crippen molar-refractivity contribution in [2.24, 2.45) is 0 Å². The Kier molecular flexibility index (Phi) is 14.5. The Morgan fingerprint density at radius 1 is 0.588 bits per heavy atom. The average molecular weight is 467 g/mol. The van der Waals surface area contributed by atoms with Gasteiger partial charge in [-0.2, -0.15) is 0 Å². The first kappa shape index (κ1) is 27.6. The number of esters is 2. The first-order valence-corrected chi connectivity index (χ1v) is 13.2. The molecule has 0 heterocycles. The standard InChI is InChI=1S/C30H42O4/c1-2-3-4-5-10-16-25-33-29(31)19-14-8-6-7-9-15-20-30(32)34-28-23-21-27(22-24-28)26-17-12-11-13-18-26/h11-13,17-18,21-24H,2-10,14-16,19-20,25H2,1H3. The van der Waals surface area contributed by atoms with Gasteiger partial charge in [0.1, 0.15) is 5.75 Å². The lowest BCUT2D eigenvalue weighted by Gasteiger charge is -2.06. The van der Waals surface area contributed by atoms with Crippen molar-refractivity contribution < 1.29 is 19.1 Å². The summed E-state index contributed by atoms with van der Waals surface area (Å²) >= 11 is 0. The molecule has 0 spiro atoms. The van der Waals surface area contributed by atoms with E-state index in [0.29, 0.717) is 25.2 Å². The zero-order chi connectivity index (χ0) is 24.3. The van der Waals surface area contributed by atoms with Crippen LogP contribution in [-0.4, -0.2) is 18.5 Å². The average Bonchev–Trinajstić information content (AvgIpc) is 2.86. The van der Waals surface area contributed by atoms with Crippen molar-refractivity contribution in [3.63, 3.8) is 0 Å². The van der Waals surface area contributed by atoms with Crippen LogP contribution in [0.3, 0.4) is 0 Å². The molecule has 0 aliphatic heterocycles. The third kappa shape index (κ3) is 12.6. The van der Waals surface area contributed by atoms with Crippen LogP contribution in [0.15, 0.2) is 54.6 Å². The molecule has 2 aromatic carbocycles. The lowest BCUT2D eigenvalue weighted by Crippen LogP contribution is -2.07. The van der Waals surface area contributed by atoms with Gasteiger partial charge in [-0.25, -0.2) is 0 Å². The minimum absolute atomic E-state index is 0.0619. The van der Waals surface area contributed by atoms with Crippen LogP contribution in [0.2, 0.25) is 0 Å². The van der Waals surface area contributed by atoms with E-state index in [0.717, 1.165) is 62.5 Å². The van der Waals surface area contributed by atoms with E-state index in [1.807, 2.05) is 42.5 Å². The molecule has 4 nitrogen and oxygen atoms in total. The van der Waals surface area contributed by atoms with Crippen molar-refractivity contribution in [2.45, 2.75) is 96.8 Å². The summed E-state index contributed by atoms with van der Waals surface area (Å²) in [5, 5.41) is 0. The molecule has 0 atom stereocenters. The van der Waals surface area contributed by atoms with E-state index in [2.05, 4.69) is 19.1 Å². The number of rotatable bonds is 18. The molecule has 0 bridgehead atoms. The second-order valence-electron chi connectivity index (χ2n) is 8.97. The van der Waals surface area contributed by atoms with Crippen LogP contribution in [0.5, 0.6) is 5.75 Å². The Morgan fingerprint density at radius 3 is 1.76 bits per heavy atom. The van der Waals surface area contributed by atoms with Gasteiger partial charge < -0.3 is 9.47 Å². The molecule has 34 heavy (non-hydrogen) atoms. The highest BCUT2D eigenvalue weighted by Crippen LogP contribution is 2.22. The minimum atomic E-state index is -0.180. The number of hydrogen-bond donors (Lipinski definition) is 0. The third-order valence-corrected chi connectivity index (χ3v) is 5.97. The van der Waals surface area contributed by atoms with E-state index < -0.39 is 0 Å². The minimum Gasteiger partial charge on any atom is -0.466 e. The number of carbonyl (C=O) groups excluding carboxylic acids is 2. The Hall–Kier alpha value is -2.62. The van der Waals surface area contributed by atoms with E-state index in [4.69, 9.17) is 9.47 Å². The molecular formula is C30H42O4. The molecule has 0 unspecified atom stereocenters. The van der Waals surface area contributed by atoms with Crippen LogP contribution >= 0.6 is 0 Å². The summed E-state index contributed by atoms with van der Waals surface area (Å²) in [6.45, 7) is 2.78. The Morgan fingerprint density at radius 2 is 1.12 bits per heavy atom. The normalized spacial score (nSPS) is 10.7. The highest BCUT2D eigenvalue weighted by Gasteiger charge is 2.06. The molecule has 186 valence electrons. The summed E-state index contributed by atoms with van der Waals surface area (Å²) in [4.78, 5) is 23.8. The molecule has 0 saturated carbocycles. The Labute approximate surface area is 206 Å². The molecule has 0 aliphatic rings. The van der Waals surface area contributed by atoms with Crippen LogP contribution in [0.4, 0.5) is 0 Å².